The van der Waals surface area contributed by atoms with Crippen molar-refractivity contribution in [1.29, 1.82) is 0 Å². The lowest BCUT2D eigenvalue weighted by atomic mass is 10.2. The lowest BCUT2D eigenvalue weighted by Crippen LogP contribution is -2.35. The van der Waals surface area contributed by atoms with E-state index >= 15 is 0 Å². The van der Waals surface area contributed by atoms with E-state index in [1.165, 1.54) is 16.0 Å². The first kappa shape index (κ1) is 17.8. The molecule has 0 saturated carbocycles. The van der Waals surface area contributed by atoms with E-state index in [2.05, 4.69) is 19.1 Å². The number of nitrogens with two attached hydrogens (primary N) is 1. The molecule has 1 amide bonds. The Morgan fingerprint density at radius 1 is 1.43 bits per heavy atom. The van der Waals surface area contributed by atoms with Gasteiger partial charge in [-0.1, -0.05) is 0 Å². The fourth-order valence-electron chi connectivity index (χ4n) is 1.99. The minimum atomic E-state index is -0.0190. The van der Waals surface area contributed by atoms with E-state index in [0.29, 0.717) is 24.4 Å². The molecule has 0 saturated heterocycles. The average molecular weight is 329 g/mol. The maximum absolute atomic E-state index is 12.6. The molecular weight excluding hydrogens is 308 g/mol. The Morgan fingerprint density at radius 2 is 2.14 bits per heavy atom. The van der Waals surface area contributed by atoms with Crippen molar-refractivity contribution in [2.45, 2.75) is 39.9 Å². The number of thiophene rings is 1. The van der Waals surface area contributed by atoms with Crippen LogP contribution >= 0.6 is 23.7 Å². The molecule has 0 atom stereocenters. The highest BCUT2D eigenvalue weighted by molar-refractivity contribution is 7.11. The SMILES string of the molecule is Cc1ccc(CN(C(=O)c2coc(CN)c2)C(C)C)s1.Cl. The van der Waals surface area contributed by atoms with E-state index in [1.54, 1.807) is 17.4 Å². The Balaban J connectivity index is 0.00000220. The van der Waals surface area contributed by atoms with Gasteiger partial charge in [0.25, 0.3) is 5.91 Å². The van der Waals surface area contributed by atoms with Crippen LogP contribution in [0.2, 0.25) is 0 Å². The molecule has 0 aliphatic rings. The van der Waals surface area contributed by atoms with Crippen LogP contribution in [0.25, 0.3) is 0 Å². The summed E-state index contributed by atoms with van der Waals surface area (Å²) in [7, 11) is 0. The molecule has 2 rings (SSSR count). The molecular formula is C15H21ClN2O2S. The van der Waals surface area contributed by atoms with Gasteiger partial charge >= 0.3 is 0 Å². The third-order valence-electron chi connectivity index (χ3n) is 3.11. The van der Waals surface area contributed by atoms with Crippen molar-refractivity contribution in [2.24, 2.45) is 5.73 Å². The van der Waals surface area contributed by atoms with Gasteiger partial charge in [-0.3, -0.25) is 4.79 Å². The smallest absolute Gasteiger partial charge is 0.257 e. The first-order valence-corrected chi connectivity index (χ1v) is 7.46. The lowest BCUT2D eigenvalue weighted by molar-refractivity contribution is 0.0691. The summed E-state index contributed by atoms with van der Waals surface area (Å²) in [5.41, 5.74) is 6.07. The molecule has 116 valence electrons. The molecule has 2 aromatic heterocycles. The summed E-state index contributed by atoms with van der Waals surface area (Å²) in [6.45, 7) is 7.03. The molecule has 2 N–H and O–H groups in total. The first-order chi connectivity index (χ1) is 9.51. The second-order valence-corrected chi connectivity index (χ2v) is 6.42. The summed E-state index contributed by atoms with van der Waals surface area (Å²) >= 11 is 1.72. The largest absolute Gasteiger partial charge is 0.467 e. The van der Waals surface area contributed by atoms with Crippen molar-refractivity contribution in [1.82, 2.24) is 4.90 Å². The van der Waals surface area contributed by atoms with E-state index in [4.69, 9.17) is 10.2 Å². The topological polar surface area (TPSA) is 59.5 Å². The van der Waals surface area contributed by atoms with E-state index in [1.807, 2.05) is 18.7 Å². The fourth-order valence-corrected chi connectivity index (χ4v) is 2.88. The van der Waals surface area contributed by atoms with Crippen LogP contribution in [0.1, 0.15) is 39.7 Å². The van der Waals surface area contributed by atoms with Gasteiger partial charge in [-0.15, -0.1) is 23.7 Å². The van der Waals surface area contributed by atoms with Gasteiger partial charge in [0, 0.05) is 15.8 Å². The zero-order valence-corrected chi connectivity index (χ0v) is 14.1. The van der Waals surface area contributed by atoms with Crippen LogP contribution in [0.4, 0.5) is 0 Å². The quantitative estimate of drug-likeness (QED) is 0.912. The van der Waals surface area contributed by atoms with Gasteiger partial charge in [0.2, 0.25) is 0 Å². The van der Waals surface area contributed by atoms with Crippen molar-refractivity contribution in [3.63, 3.8) is 0 Å². The maximum atomic E-state index is 12.6. The zero-order valence-electron chi connectivity index (χ0n) is 12.5. The van der Waals surface area contributed by atoms with Gasteiger partial charge in [-0.25, -0.2) is 0 Å². The van der Waals surface area contributed by atoms with Crippen LogP contribution in [0, 0.1) is 6.92 Å². The summed E-state index contributed by atoms with van der Waals surface area (Å²) in [6.07, 6.45) is 1.49. The summed E-state index contributed by atoms with van der Waals surface area (Å²) in [6, 6.07) is 6.00. The van der Waals surface area contributed by atoms with Crippen molar-refractivity contribution in [3.05, 3.63) is 45.5 Å². The Kier molecular flexibility index (Phi) is 6.45. The van der Waals surface area contributed by atoms with Gasteiger partial charge in [0.15, 0.2) is 0 Å². The number of nitrogens with zero attached hydrogens (tertiary/aromatic N) is 1. The highest BCUT2D eigenvalue weighted by Gasteiger charge is 2.21. The molecule has 0 bridgehead atoms. The number of amides is 1. The number of halogens is 1. The maximum Gasteiger partial charge on any atom is 0.257 e. The molecule has 0 unspecified atom stereocenters. The van der Waals surface area contributed by atoms with Gasteiger partial charge in [-0.2, -0.15) is 0 Å². The predicted octanol–water partition coefficient (Wildman–Crippen LogP) is 3.58. The van der Waals surface area contributed by atoms with E-state index in [9.17, 15) is 4.79 Å². The van der Waals surface area contributed by atoms with Crippen molar-refractivity contribution in [3.8, 4) is 0 Å². The molecule has 6 heteroatoms. The molecule has 0 spiro atoms. The molecule has 0 radical (unpaired) electrons. The van der Waals surface area contributed by atoms with Gasteiger partial charge in [0.05, 0.1) is 18.7 Å². The average Bonchev–Trinajstić information content (AvgIpc) is 3.03. The molecule has 0 aromatic carbocycles. The number of carbonyl (C=O) groups is 1. The number of rotatable bonds is 5. The van der Waals surface area contributed by atoms with E-state index < -0.39 is 0 Å². The van der Waals surface area contributed by atoms with Gasteiger partial charge < -0.3 is 15.1 Å². The van der Waals surface area contributed by atoms with Crippen LogP contribution in [-0.2, 0) is 13.1 Å². The van der Waals surface area contributed by atoms with Crippen LogP contribution in [0.15, 0.2) is 28.9 Å². The molecule has 2 aromatic rings. The molecule has 21 heavy (non-hydrogen) atoms. The first-order valence-electron chi connectivity index (χ1n) is 6.65. The van der Waals surface area contributed by atoms with Gasteiger partial charge in [0.1, 0.15) is 12.0 Å². The van der Waals surface area contributed by atoms with Crippen LogP contribution in [0.5, 0.6) is 0 Å². The standard InChI is InChI=1S/C15H20N2O2S.ClH/c1-10(2)17(8-14-5-4-11(3)20-14)15(18)12-6-13(7-16)19-9-12;/h4-6,9-10H,7-8,16H2,1-3H3;1H. The highest BCUT2D eigenvalue weighted by Crippen LogP contribution is 2.20. The Morgan fingerprint density at radius 3 is 2.62 bits per heavy atom. The van der Waals surface area contributed by atoms with Crippen LogP contribution in [-0.4, -0.2) is 16.8 Å². The fraction of sp³-hybridized carbons (Fsp3) is 0.400. The minimum Gasteiger partial charge on any atom is -0.467 e. The Hall–Kier alpha value is -1.30. The monoisotopic (exact) mass is 328 g/mol. The summed E-state index contributed by atoms with van der Waals surface area (Å²) in [5.74, 6) is 0.610. The number of hydrogen-bond acceptors (Lipinski definition) is 4. The Bertz CT molecular complexity index is 592. The van der Waals surface area contributed by atoms with Crippen LogP contribution in [0.3, 0.4) is 0 Å². The number of hydrogen-bond donors (Lipinski definition) is 1. The third kappa shape index (κ3) is 4.33. The molecule has 0 fully saturated rings. The number of furan rings is 1. The minimum absolute atomic E-state index is 0. The third-order valence-corrected chi connectivity index (χ3v) is 4.09. The summed E-state index contributed by atoms with van der Waals surface area (Å²) < 4.78 is 5.25. The van der Waals surface area contributed by atoms with Crippen LogP contribution < -0.4 is 5.73 Å². The van der Waals surface area contributed by atoms with Crippen molar-refractivity contribution >= 4 is 29.7 Å². The normalized spacial score (nSPS) is 10.5. The Labute approximate surface area is 135 Å². The molecule has 0 aliphatic carbocycles. The van der Waals surface area contributed by atoms with Crippen molar-refractivity contribution in [2.75, 3.05) is 0 Å². The molecule has 4 nitrogen and oxygen atoms in total. The summed E-state index contributed by atoms with van der Waals surface area (Å²) in [4.78, 5) is 16.8. The lowest BCUT2D eigenvalue weighted by Gasteiger charge is -2.25. The zero-order chi connectivity index (χ0) is 14.7. The van der Waals surface area contributed by atoms with Crippen molar-refractivity contribution < 1.29 is 9.21 Å². The van der Waals surface area contributed by atoms with Gasteiger partial charge in [-0.05, 0) is 39.0 Å². The highest BCUT2D eigenvalue weighted by atomic mass is 35.5. The summed E-state index contributed by atoms with van der Waals surface area (Å²) in [5, 5.41) is 0. The molecule has 2 heterocycles. The van der Waals surface area contributed by atoms with E-state index in [-0.39, 0.29) is 24.4 Å². The van der Waals surface area contributed by atoms with E-state index in [0.717, 1.165) is 0 Å². The molecule has 0 aliphatic heterocycles. The second kappa shape index (κ2) is 7.64. The number of aryl methyl sites for hydroxylation is 1. The second-order valence-electron chi connectivity index (χ2n) is 5.04. The number of carbonyl (C=O) groups excluding carboxylic acids is 1. The predicted molar refractivity (Wildman–Crippen MR) is 87.9 cm³/mol.